The minimum atomic E-state index is -0.633. The fourth-order valence-corrected chi connectivity index (χ4v) is 1.87. The number of hydrogen-bond acceptors (Lipinski definition) is 5. The summed E-state index contributed by atoms with van der Waals surface area (Å²) in [5, 5.41) is 9.99. The van der Waals surface area contributed by atoms with Crippen LogP contribution in [0, 0.1) is 0 Å². The summed E-state index contributed by atoms with van der Waals surface area (Å²) in [5.74, 6) is 1.38. The standard InChI is InChI=1S/C12H17NO4/c1-15-12-4-8-6-16-7-17-11(8)5-9(12)10(14)2-3-13/h4-5,10,14H,2-3,6-7,13H2,1H3. The molecule has 0 aromatic heterocycles. The first kappa shape index (κ1) is 12.2. The Balaban J connectivity index is 2.36. The number of hydrogen-bond donors (Lipinski definition) is 2. The molecule has 1 heterocycles. The van der Waals surface area contributed by atoms with E-state index in [9.17, 15) is 5.11 Å². The molecule has 0 saturated carbocycles. The first-order valence-electron chi connectivity index (χ1n) is 5.55. The lowest BCUT2D eigenvalue weighted by atomic mass is 10.0. The van der Waals surface area contributed by atoms with Crippen molar-refractivity contribution < 1.29 is 19.3 Å². The lowest BCUT2D eigenvalue weighted by Gasteiger charge is -2.22. The summed E-state index contributed by atoms with van der Waals surface area (Å²) in [6, 6.07) is 3.64. The molecule has 0 aliphatic carbocycles. The third-order valence-electron chi connectivity index (χ3n) is 2.77. The molecule has 0 fully saturated rings. The van der Waals surface area contributed by atoms with Crippen molar-refractivity contribution in [1.29, 1.82) is 0 Å². The van der Waals surface area contributed by atoms with Crippen LogP contribution in [-0.4, -0.2) is 25.6 Å². The van der Waals surface area contributed by atoms with Crippen LogP contribution in [0.1, 0.15) is 23.7 Å². The Hall–Kier alpha value is -1.30. The molecule has 1 unspecified atom stereocenters. The first-order valence-corrected chi connectivity index (χ1v) is 5.55. The van der Waals surface area contributed by atoms with Gasteiger partial charge in [-0.1, -0.05) is 0 Å². The summed E-state index contributed by atoms with van der Waals surface area (Å²) < 4.78 is 15.8. The molecule has 1 aliphatic heterocycles. The molecule has 0 saturated heterocycles. The van der Waals surface area contributed by atoms with Crippen LogP contribution < -0.4 is 15.2 Å². The summed E-state index contributed by atoms with van der Waals surface area (Å²) in [7, 11) is 1.57. The molecule has 1 atom stereocenters. The smallest absolute Gasteiger partial charge is 0.189 e. The highest BCUT2D eigenvalue weighted by molar-refractivity contribution is 5.47. The fraction of sp³-hybridized carbons (Fsp3) is 0.500. The predicted molar refractivity (Wildman–Crippen MR) is 61.9 cm³/mol. The van der Waals surface area contributed by atoms with E-state index < -0.39 is 6.10 Å². The second-order valence-corrected chi connectivity index (χ2v) is 3.91. The van der Waals surface area contributed by atoms with Crippen LogP contribution in [0.25, 0.3) is 0 Å². The highest BCUT2D eigenvalue weighted by Gasteiger charge is 2.19. The van der Waals surface area contributed by atoms with Gasteiger partial charge in [-0.15, -0.1) is 0 Å². The highest BCUT2D eigenvalue weighted by atomic mass is 16.7. The minimum absolute atomic E-state index is 0.242. The van der Waals surface area contributed by atoms with E-state index in [0.717, 1.165) is 11.3 Å². The SMILES string of the molecule is COc1cc2c(cc1C(O)CCN)OCOC2. The van der Waals surface area contributed by atoms with E-state index in [1.165, 1.54) is 0 Å². The molecular formula is C12H17NO4. The zero-order chi connectivity index (χ0) is 12.3. The molecule has 1 aromatic rings. The van der Waals surface area contributed by atoms with Gasteiger partial charge < -0.3 is 25.1 Å². The topological polar surface area (TPSA) is 73.9 Å². The van der Waals surface area contributed by atoms with Gasteiger partial charge in [-0.3, -0.25) is 0 Å². The van der Waals surface area contributed by atoms with Crippen LogP contribution >= 0.6 is 0 Å². The van der Waals surface area contributed by atoms with Gasteiger partial charge in [-0.25, -0.2) is 0 Å². The molecule has 5 nitrogen and oxygen atoms in total. The molecule has 5 heteroatoms. The van der Waals surface area contributed by atoms with Gasteiger partial charge in [0.25, 0.3) is 0 Å². The number of ether oxygens (including phenoxy) is 3. The average Bonchev–Trinajstić information content (AvgIpc) is 2.37. The maximum atomic E-state index is 9.99. The molecule has 0 spiro atoms. The van der Waals surface area contributed by atoms with Crippen molar-refractivity contribution in [2.24, 2.45) is 5.73 Å². The number of aliphatic hydroxyl groups is 1. The lowest BCUT2D eigenvalue weighted by molar-refractivity contribution is -0.0167. The van der Waals surface area contributed by atoms with Crippen LogP contribution in [0.3, 0.4) is 0 Å². The zero-order valence-electron chi connectivity index (χ0n) is 9.81. The minimum Gasteiger partial charge on any atom is -0.496 e. The number of fused-ring (bicyclic) bond motifs is 1. The normalized spacial score (nSPS) is 15.9. The fourth-order valence-electron chi connectivity index (χ4n) is 1.87. The first-order chi connectivity index (χ1) is 8.26. The highest BCUT2D eigenvalue weighted by Crippen LogP contribution is 2.35. The van der Waals surface area contributed by atoms with E-state index in [4.69, 9.17) is 19.9 Å². The van der Waals surface area contributed by atoms with Gasteiger partial charge in [0.15, 0.2) is 6.79 Å². The summed E-state index contributed by atoms with van der Waals surface area (Å²) in [6.45, 7) is 1.16. The maximum absolute atomic E-state index is 9.99. The summed E-state index contributed by atoms with van der Waals surface area (Å²) in [6.07, 6.45) is -0.141. The number of nitrogens with two attached hydrogens (primary N) is 1. The Kier molecular flexibility index (Phi) is 3.83. The largest absolute Gasteiger partial charge is 0.496 e. The molecular weight excluding hydrogens is 222 g/mol. The van der Waals surface area contributed by atoms with Crippen LogP contribution in [0.5, 0.6) is 11.5 Å². The van der Waals surface area contributed by atoms with Gasteiger partial charge in [0, 0.05) is 11.1 Å². The predicted octanol–water partition coefficient (Wildman–Crippen LogP) is 0.944. The van der Waals surface area contributed by atoms with Crippen molar-refractivity contribution >= 4 is 0 Å². The molecule has 17 heavy (non-hydrogen) atoms. The Morgan fingerprint density at radius 1 is 1.53 bits per heavy atom. The van der Waals surface area contributed by atoms with Gasteiger partial charge in [0.05, 0.1) is 19.8 Å². The van der Waals surface area contributed by atoms with Gasteiger partial charge in [0.1, 0.15) is 11.5 Å². The Morgan fingerprint density at radius 2 is 2.35 bits per heavy atom. The number of rotatable bonds is 4. The van der Waals surface area contributed by atoms with E-state index in [-0.39, 0.29) is 6.79 Å². The van der Waals surface area contributed by atoms with Crippen molar-refractivity contribution in [1.82, 2.24) is 0 Å². The van der Waals surface area contributed by atoms with Crippen molar-refractivity contribution in [3.05, 3.63) is 23.3 Å². The van der Waals surface area contributed by atoms with E-state index in [1.54, 1.807) is 13.2 Å². The third kappa shape index (κ3) is 2.52. The molecule has 1 aromatic carbocycles. The molecule has 2 rings (SSSR count). The van der Waals surface area contributed by atoms with Crippen LogP contribution in [0.15, 0.2) is 12.1 Å². The maximum Gasteiger partial charge on any atom is 0.189 e. The Bertz CT molecular complexity index is 394. The molecule has 94 valence electrons. The second kappa shape index (κ2) is 5.35. The van der Waals surface area contributed by atoms with Gasteiger partial charge in [0.2, 0.25) is 0 Å². The molecule has 1 aliphatic rings. The number of benzene rings is 1. The van der Waals surface area contributed by atoms with Crippen molar-refractivity contribution in [2.75, 3.05) is 20.4 Å². The summed E-state index contributed by atoms with van der Waals surface area (Å²) in [4.78, 5) is 0. The Morgan fingerprint density at radius 3 is 3.06 bits per heavy atom. The third-order valence-corrected chi connectivity index (χ3v) is 2.77. The second-order valence-electron chi connectivity index (χ2n) is 3.91. The number of aliphatic hydroxyl groups excluding tert-OH is 1. The Labute approximate surface area is 100 Å². The van der Waals surface area contributed by atoms with Crippen LogP contribution in [0.4, 0.5) is 0 Å². The molecule has 0 amide bonds. The van der Waals surface area contributed by atoms with Crippen LogP contribution in [-0.2, 0) is 11.3 Å². The number of methoxy groups -OCH3 is 1. The summed E-state index contributed by atoms with van der Waals surface area (Å²) >= 11 is 0. The average molecular weight is 239 g/mol. The van der Waals surface area contributed by atoms with E-state index in [0.29, 0.717) is 30.9 Å². The van der Waals surface area contributed by atoms with Gasteiger partial charge in [-0.2, -0.15) is 0 Å². The monoisotopic (exact) mass is 239 g/mol. The van der Waals surface area contributed by atoms with Gasteiger partial charge in [-0.05, 0) is 25.1 Å². The molecule has 0 bridgehead atoms. The summed E-state index contributed by atoms with van der Waals surface area (Å²) in [5.41, 5.74) is 7.08. The van der Waals surface area contributed by atoms with Crippen LogP contribution in [0.2, 0.25) is 0 Å². The van der Waals surface area contributed by atoms with E-state index >= 15 is 0 Å². The quantitative estimate of drug-likeness (QED) is 0.818. The molecule has 0 radical (unpaired) electrons. The van der Waals surface area contributed by atoms with Crippen molar-refractivity contribution in [3.8, 4) is 11.5 Å². The van der Waals surface area contributed by atoms with Gasteiger partial charge >= 0.3 is 0 Å². The van der Waals surface area contributed by atoms with Crippen molar-refractivity contribution in [2.45, 2.75) is 19.1 Å². The molecule has 3 N–H and O–H groups in total. The van der Waals surface area contributed by atoms with E-state index in [2.05, 4.69) is 0 Å². The lowest BCUT2D eigenvalue weighted by Crippen LogP contribution is -2.13. The van der Waals surface area contributed by atoms with E-state index in [1.807, 2.05) is 6.07 Å². The van der Waals surface area contributed by atoms with Crippen molar-refractivity contribution in [3.63, 3.8) is 0 Å². The zero-order valence-corrected chi connectivity index (χ0v) is 9.81.